The first kappa shape index (κ1) is 23.2. The van der Waals surface area contributed by atoms with Crippen molar-refractivity contribution in [1.29, 1.82) is 0 Å². The summed E-state index contributed by atoms with van der Waals surface area (Å²) in [5, 5.41) is 22.9. The van der Waals surface area contributed by atoms with Crippen LogP contribution in [0.15, 0.2) is 40.9 Å². The van der Waals surface area contributed by atoms with Gasteiger partial charge in [-0.25, -0.2) is 0 Å². The van der Waals surface area contributed by atoms with E-state index in [1.54, 1.807) is 0 Å². The number of carboxylic acids is 2. The Hall–Kier alpha value is -3.00. The minimum atomic E-state index is -1.67. The summed E-state index contributed by atoms with van der Waals surface area (Å²) in [4.78, 5) is 29.7. The first-order valence-electron chi connectivity index (χ1n) is 11.6. The molecule has 2 N–H and O–H groups in total. The zero-order chi connectivity index (χ0) is 23.6. The summed E-state index contributed by atoms with van der Waals surface area (Å²) in [7, 11) is 0. The van der Waals surface area contributed by atoms with Gasteiger partial charge in [-0.3, -0.25) is 14.5 Å². The van der Waals surface area contributed by atoms with Gasteiger partial charge in [0.15, 0.2) is 5.41 Å². The van der Waals surface area contributed by atoms with Gasteiger partial charge in [-0.05, 0) is 56.9 Å². The molecule has 1 aromatic carbocycles. The Labute approximate surface area is 193 Å². The second-order valence-electron chi connectivity index (χ2n) is 9.52. The second kappa shape index (κ2) is 9.47. The van der Waals surface area contributed by atoms with Crippen molar-refractivity contribution in [3.05, 3.63) is 47.9 Å². The Morgan fingerprint density at radius 3 is 2.24 bits per heavy atom. The summed E-state index contributed by atoms with van der Waals surface area (Å²) in [5.41, 5.74) is 1.55. The fourth-order valence-electron chi connectivity index (χ4n) is 4.98. The normalized spacial score (nSPS) is 23.2. The van der Waals surface area contributed by atoms with Crippen LogP contribution in [0.3, 0.4) is 0 Å². The number of aromatic nitrogens is 2. The monoisotopic (exact) mass is 453 g/mol. The average molecular weight is 454 g/mol. The van der Waals surface area contributed by atoms with Crippen LogP contribution in [0.1, 0.15) is 62.8 Å². The highest BCUT2D eigenvalue weighted by molar-refractivity contribution is 5.98. The smallest absolute Gasteiger partial charge is 0.321 e. The van der Waals surface area contributed by atoms with E-state index in [1.807, 2.05) is 24.3 Å². The number of carboxylic acid groups (broad SMARTS) is 2. The van der Waals surface area contributed by atoms with Gasteiger partial charge >= 0.3 is 11.9 Å². The fourth-order valence-corrected chi connectivity index (χ4v) is 4.98. The zero-order valence-electron chi connectivity index (χ0n) is 19.0. The lowest BCUT2D eigenvalue weighted by atomic mass is 9.78. The third-order valence-corrected chi connectivity index (χ3v) is 7.36. The quantitative estimate of drug-likeness (QED) is 0.470. The first-order valence-corrected chi connectivity index (χ1v) is 11.6. The maximum absolute atomic E-state index is 11.5. The van der Waals surface area contributed by atoms with Crippen molar-refractivity contribution in [3.63, 3.8) is 0 Å². The van der Waals surface area contributed by atoms with Crippen LogP contribution in [-0.4, -0.2) is 50.3 Å². The number of hydrogen-bond acceptors (Lipinski definition) is 6. The molecule has 0 radical (unpaired) electrons. The van der Waals surface area contributed by atoms with Gasteiger partial charge in [-0.2, -0.15) is 4.98 Å². The van der Waals surface area contributed by atoms with Crippen LogP contribution in [0.25, 0.3) is 11.4 Å². The van der Waals surface area contributed by atoms with E-state index in [4.69, 9.17) is 4.52 Å². The SMILES string of the molecule is C=C(C)C1CCC(c2nc(-c3ccc(CN4CCC(C(=O)O)(C(=O)O)CC4)cc3)no2)CC1. The molecule has 1 aliphatic carbocycles. The summed E-state index contributed by atoms with van der Waals surface area (Å²) < 4.78 is 5.58. The fraction of sp³-hybridized carbons (Fsp3) is 0.520. The van der Waals surface area contributed by atoms with Crippen LogP contribution in [0.2, 0.25) is 0 Å². The molecule has 1 saturated carbocycles. The molecular weight excluding hydrogens is 422 g/mol. The number of rotatable bonds is 7. The molecule has 1 aromatic heterocycles. The number of piperidine rings is 1. The Balaban J connectivity index is 1.34. The molecule has 0 amide bonds. The van der Waals surface area contributed by atoms with E-state index in [9.17, 15) is 19.8 Å². The van der Waals surface area contributed by atoms with Gasteiger partial charge in [0.05, 0.1) is 0 Å². The van der Waals surface area contributed by atoms with E-state index in [0.29, 0.717) is 43.2 Å². The molecule has 0 atom stereocenters. The van der Waals surface area contributed by atoms with Crippen LogP contribution < -0.4 is 0 Å². The van der Waals surface area contributed by atoms with Gasteiger partial charge in [0.25, 0.3) is 0 Å². The lowest BCUT2D eigenvalue weighted by Gasteiger charge is -2.36. The molecule has 8 heteroatoms. The molecule has 8 nitrogen and oxygen atoms in total. The highest BCUT2D eigenvalue weighted by Crippen LogP contribution is 2.38. The molecule has 1 saturated heterocycles. The number of nitrogens with zero attached hydrogens (tertiary/aromatic N) is 3. The number of carbonyl (C=O) groups is 2. The maximum atomic E-state index is 11.5. The topological polar surface area (TPSA) is 117 Å². The minimum absolute atomic E-state index is 0.107. The summed E-state index contributed by atoms with van der Waals surface area (Å²) >= 11 is 0. The number of benzene rings is 1. The van der Waals surface area contributed by atoms with Crippen LogP contribution >= 0.6 is 0 Å². The number of allylic oxidation sites excluding steroid dienone is 1. The molecule has 2 aliphatic rings. The Morgan fingerprint density at radius 2 is 1.70 bits per heavy atom. The molecule has 0 unspecified atom stereocenters. The number of likely N-dealkylation sites (tertiary alicyclic amines) is 1. The minimum Gasteiger partial charge on any atom is -0.480 e. The van der Waals surface area contributed by atoms with E-state index < -0.39 is 17.4 Å². The van der Waals surface area contributed by atoms with E-state index in [1.165, 1.54) is 5.57 Å². The third-order valence-electron chi connectivity index (χ3n) is 7.36. The maximum Gasteiger partial charge on any atom is 0.321 e. The van der Waals surface area contributed by atoms with Crippen molar-refractivity contribution >= 4 is 11.9 Å². The number of hydrogen-bond donors (Lipinski definition) is 2. The summed E-state index contributed by atoms with van der Waals surface area (Å²) in [5.74, 6) is -0.290. The highest BCUT2D eigenvalue weighted by atomic mass is 16.5. The van der Waals surface area contributed by atoms with Crippen molar-refractivity contribution in [2.75, 3.05) is 13.1 Å². The molecule has 4 rings (SSSR count). The highest BCUT2D eigenvalue weighted by Gasteiger charge is 2.48. The molecule has 33 heavy (non-hydrogen) atoms. The molecule has 2 aromatic rings. The second-order valence-corrected chi connectivity index (χ2v) is 9.52. The van der Waals surface area contributed by atoms with E-state index in [-0.39, 0.29) is 12.8 Å². The molecule has 2 fully saturated rings. The third kappa shape index (κ3) is 4.85. The molecule has 1 aliphatic heterocycles. The summed E-state index contributed by atoms with van der Waals surface area (Å²) in [6.07, 6.45) is 4.52. The van der Waals surface area contributed by atoms with Gasteiger partial charge in [0, 0.05) is 31.1 Å². The van der Waals surface area contributed by atoms with Crippen LogP contribution in [0.4, 0.5) is 0 Å². The molecule has 0 spiro atoms. The van der Waals surface area contributed by atoms with Gasteiger partial charge in [-0.1, -0.05) is 41.6 Å². The molecule has 176 valence electrons. The van der Waals surface area contributed by atoms with Crippen LogP contribution in [0.5, 0.6) is 0 Å². The van der Waals surface area contributed by atoms with Crippen molar-refractivity contribution in [2.24, 2.45) is 11.3 Å². The Morgan fingerprint density at radius 1 is 1.09 bits per heavy atom. The average Bonchev–Trinajstić information content (AvgIpc) is 3.30. The van der Waals surface area contributed by atoms with Crippen molar-refractivity contribution in [1.82, 2.24) is 15.0 Å². The Bertz CT molecular complexity index is 997. The number of aliphatic carboxylic acids is 2. The largest absolute Gasteiger partial charge is 0.480 e. The van der Waals surface area contributed by atoms with E-state index >= 15 is 0 Å². The summed E-state index contributed by atoms with van der Waals surface area (Å²) in [6.45, 7) is 7.69. The summed E-state index contributed by atoms with van der Waals surface area (Å²) in [6, 6.07) is 7.93. The van der Waals surface area contributed by atoms with Crippen molar-refractivity contribution < 1.29 is 24.3 Å². The van der Waals surface area contributed by atoms with Crippen LogP contribution in [0, 0.1) is 11.3 Å². The first-order chi connectivity index (χ1) is 15.8. The van der Waals surface area contributed by atoms with Gasteiger partial charge in [0.1, 0.15) is 0 Å². The molecule has 2 heterocycles. The molecule has 0 bridgehead atoms. The van der Waals surface area contributed by atoms with Crippen molar-refractivity contribution in [2.45, 2.75) is 57.9 Å². The van der Waals surface area contributed by atoms with Crippen LogP contribution in [-0.2, 0) is 16.1 Å². The van der Waals surface area contributed by atoms with E-state index in [0.717, 1.165) is 36.8 Å². The zero-order valence-corrected chi connectivity index (χ0v) is 19.0. The van der Waals surface area contributed by atoms with Crippen molar-refractivity contribution in [3.8, 4) is 11.4 Å². The Kier molecular flexibility index (Phi) is 6.65. The van der Waals surface area contributed by atoms with E-state index in [2.05, 4.69) is 28.5 Å². The lowest BCUT2D eigenvalue weighted by molar-refractivity contribution is -0.168. The van der Waals surface area contributed by atoms with Gasteiger partial charge < -0.3 is 14.7 Å². The lowest BCUT2D eigenvalue weighted by Crippen LogP contribution is -2.48. The predicted molar refractivity (Wildman–Crippen MR) is 121 cm³/mol. The van der Waals surface area contributed by atoms with Gasteiger partial charge in [-0.15, -0.1) is 0 Å². The molecular formula is C25H31N3O5. The van der Waals surface area contributed by atoms with Gasteiger partial charge in [0.2, 0.25) is 11.7 Å². The predicted octanol–water partition coefficient (Wildman–Crippen LogP) is 4.34. The standard InChI is InChI=1S/C25H31N3O5/c1-16(2)18-7-9-20(10-8-18)22-26-21(27-33-22)19-5-3-17(4-6-19)15-28-13-11-25(12-14-28,23(29)30)24(31)32/h3-6,18,20H,1,7-15H2,2H3,(H,29,30)(H,31,32).